The molecule has 0 aromatic heterocycles. The van der Waals surface area contributed by atoms with Gasteiger partial charge in [0.2, 0.25) is 0 Å². The van der Waals surface area contributed by atoms with Crippen molar-refractivity contribution in [2.75, 3.05) is 18.0 Å². The summed E-state index contributed by atoms with van der Waals surface area (Å²) in [6.45, 7) is 5.10. The standard InChI is InChI=1S/C14H18N2O4/c1-9(2)15-6-7-16(14(15)20)11-5-3-4-10(8-11)12(17)13(18)19/h3-5,8-9,12,17H,6-7H2,1-2H3,(H,18,19). The van der Waals surface area contributed by atoms with Crippen molar-refractivity contribution in [2.45, 2.75) is 26.0 Å². The molecule has 1 unspecified atom stereocenters. The molecule has 6 nitrogen and oxygen atoms in total. The van der Waals surface area contributed by atoms with Crippen LogP contribution in [0.3, 0.4) is 0 Å². The van der Waals surface area contributed by atoms with Gasteiger partial charge in [0, 0.05) is 24.8 Å². The van der Waals surface area contributed by atoms with Crippen molar-refractivity contribution < 1.29 is 19.8 Å². The first kappa shape index (κ1) is 14.3. The molecule has 1 aliphatic heterocycles. The Hall–Kier alpha value is -2.08. The molecule has 2 rings (SSSR count). The fourth-order valence-electron chi connectivity index (χ4n) is 2.28. The second kappa shape index (κ2) is 5.50. The number of nitrogens with zero attached hydrogens (tertiary/aromatic N) is 2. The first-order valence-corrected chi connectivity index (χ1v) is 6.50. The fourth-order valence-corrected chi connectivity index (χ4v) is 2.28. The van der Waals surface area contributed by atoms with Gasteiger partial charge in [0.15, 0.2) is 6.10 Å². The van der Waals surface area contributed by atoms with Crippen molar-refractivity contribution in [1.29, 1.82) is 0 Å². The van der Waals surface area contributed by atoms with E-state index in [0.29, 0.717) is 18.8 Å². The molecular formula is C14H18N2O4. The highest BCUT2D eigenvalue weighted by Gasteiger charge is 2.31. The van der Waals surface area contributed by atoms with Gasteiger partial charge < -0.3 is 15.1 Å². The molecule has 6 heteroatoms. The van der Waals surface area contributed by atoms with Gasteiger partial charge in [-0.15, -0.1) is 0 Å². The number of hydrogen-bond donors (Lipinski definition) is 2. The molecule has 0 radical (unpaired) electrons. The van der Waals surface area contributed by atoms with E-state index in [-0.39, 0.29) is 17.6 Å². The molecule has 0 spiro atoms. The van der Waals surface area contributed by atoms with E-state index < -0.39 is 12.1 Å². The Balaban J connectivity index is 2.24. The average molecular weight is 278 g/mol. The Kier molecular flexibility index (Phi) is 3.94. The number of aliphatic carboxylic acids is 1. The van der Waals surface area contributed by atoms with E-state index in [1.807, 2.05) is 13.8 Å². The maximum atomic E-state index is 12.2. The van der Waals surface area contributed by atoms with Crippen molar-refractivity contribution in [1.82, 2.24) is 4.90 Å². The van der Waals surface area contributed by atoms with E-state index in [2.05, 4.69) is 0 Å². The van der Waals surface area contributed by atoms with Gasteiger partial charge in [-0.05, 0) is 31.5 Å². The molecule has 0 bridgehead atoms. The van der Waals surface area contributed by atoms with E-state index in [4.69, 9.17) is 5.11 Å². The zero-order chi connectivity index (χ0) is 14.9. The van der Waals surface area contributed by atoms with Crippen LogP contribution in [0.5, 0.6) is 0 Å². The molecule has 20 heavy (non-hydrogen) atoms. The summed E-state index contributed by atoms with van der Waals surface area (Å²) < 4.78 is 0. The molecule has 2 amide bonds. The van der Waals surface area contributed by atoms with Crippen LogP contribution in [0.4, 0.5) is 10.5 Å². The molecule has 2 N–H and O–H groups in total. The predicted molar refractivity (Wildman–Crippen MR) is 73.6 cm³/mol. The molecule has 1 heterocycles. The van der Waals surface area contributed by atoms with Crippen molar-refractivity contribution in [3.05, 3.63) is 29.8 Å². The number of carboxylic acids is 1. The van der Waals surface area contributed by atoms with Gasteiger partial charge in [-0.25, -0.2) is 9.59 Å². The molecular weight excluding hydrogens is 260 g/mol. The van der Waals surface area contributed by atoms with Crippen LogP contribution >= 0.6 is 0 Å². The summed E-state index contributed by atoms with van der Waals surface area (Å²) in [5.41, 5.74) is 0.877. The van der Waals surface area contributed by atoms with Crippen LogP contribution in [0.1, 0.15) is 25.5 Å². The lowest BCUT2D eigenvalue weighted by molar-refractivity contribution is -0.146. The summed E-state index contributed by atoms with van der Waals surface area (Å²) in [6.07, 6.45) is -1.58. The Morgan fingerprint density at radius 2 is 2.00 bits per heavy atom. The molecule has 1 fully saturated rings. The van der Waals surface area contributed by atoms with E-state index in [1.165, 1.54) is 6.07 Å². The molecule has 1 aromatic carbocycles. The minimum atomic E-state index is -1.58. The van der Waals surface area contributed by atoms with Crippen molar-refractivity contribution >= 4 is 17.7 Å². The van der Waals surface area contributed by atoms with E-state index >= 15 is 0 Å². The summed E-state index contributed by atoms with van der Waals surface area (Å²) >= 11 is 0. The Labute approximate surface area is 117 Å². The number of urea groups is 1. The number of amides is 2. The first-order valence-electron chi connectivity index (χ1n) is 6.50. The third-order valence-electron chi connectivity index (χ3n) is 3.40. The van der Waals surface area contributed by atoms with Crippen LogP contribution in [0.25, 0.3) is 0 Å². The molecule has 1 atom stereocenters. The Morgan fingerprint density at radius 3 is 2.55 bits per heavy atom. The smallest absolute Gasteiger partial charge is 0.337 e. The molecule has 1 aromatic rings. The number of anilines is 1. The highest BCUT2D eigenvalue weighted by Crippen LogP contribution is 2.25. The maximum absolute atomic E-state index is 12.2. The van der Waals surface area contributed by atoms with Gasteiger partial charge in [-0.2, -0.15) is 0 Å². The zero-order valence-electron chi connectivity index (χ0n) is 11.5. The van der Waals surface area contributed by atoms with Crippen molar-refractivity contribution in [2.24, 2.45) is 0 Å². The van der Waals surface area contributed by atoms with Crippen LogP contribution in [-0.2, 0) is 4.79 Å². The maximum Gasteiger partial charge on any atom is 0.337 e. The number of carbonyl (C=O) groups excluding carboxylic acids is 1. The molecule has 1 aliphatic rings. The van der Waals surface area contributed by atoms with E-state index in [9.17, 15) is 14.7 Å². The fraction of sp³-hybridized carbons (Fsp3) is 0.429. The minimum absolute atomic E-state index is 0.0954. The quantitative estimate of drug-likeness (QED) is 0.873. The zero-order valence-corrected chi connectivity index (χ0v) is 11.5. The lowest BCUT2D eigenvalue weighted by Gasteiger charge is -2.22. The monoisotopic (exact) mass is 278 g/mol. The average Bonchev–Trinajstić information content (AvgIpc) is 2.80. The first-order chi connectivity index (χ1) is 9.41. The molecule has 108 valence electrons. The van der Waals surface area contributed by atoms with E-state index in [0.717, 1.165) is 0 Å². The van der Waals surface area contributed by atoms with Gasteiger partial charge in [0.1, 0.15) is 0 Å². The summed E-state index contributed by atoms with van der Waals surface area (Å²) in [5.74, 6) is -1.31. The summed E-state index contributed by atoms with van der Waals surface area (Å²) in [4.78, 5) is 26.4. The highest BCUT2D eigenvalue weighted by atomic mass is 16.4. The van der Waals surface area contributed by atoms with Crippen LogP contribution in [-0.4, -0.2) is 46.2 Å². The molecule has 1 saturated heterocycles. The number of carbonyl (C=O) groups is 2. The topological polar surface area (TPSA) is 81.1 Å². The number of carboxylic acid groups (broad SMARTS) is 1. The number of rotatable bonds is 4. The predicted octanol–water partition coefficient (Wildman–Crippen LogP) is 1.46. The lowest BCUT2D eigenvalue weighted by atomic mass is 10.1. The van der Waals surface area contributed by atoms with Gasteiger partial charge in [-0.1, -0.05) is 12.1 Å². The third kappa shape index (κ3) is 2.60. The van der Waals surface area contributed by atoms with Gasteiger partial charge in [0.25, 0.3) is 0 Å². The summed E-state index contributed by atoms with van der Waals surface area (Å²) in [5, 5.41) is 18.4. The molecule has 0 aliphatic carbocycles. The largest absolute Gasteiger partial charge is 0.479 e. The Morgan fingerprint density at radius 1 is 1.30 bits per heavy atom. The minimum Gasteiger partial charge on any atom is -0.479 e. The van der Waals surface area contributed by atoms with Gasteiger partial charge >= 0.3 is 12.0 Å². The number of benzene rings is 1. The van der Waals surface area contributed by atoms with Crippen molar-refractivity contribution in [3.63, 3.8) is 0 Å². The van der Waals surface area contributed by atoms with Crippen molar-refractivity contribution in [3.8, 4) is 0 Å². The summed E-state index contributed by atoms with van der Waals surface area (Å²) in [7, 11) is 0. The third-order valence-corrected chi connectivity index (χ3v) is 3.40. The van der Waals surface area contributed by atoms with Gasteiger partial charge in [-0.3, -0.25) is 4.90 Å². The number of hydrogen-bond acceptors (Lipinski definition) is 3. The van der Waals surface area contributed by atoms with Crippen LogP contribution in [0, 0.1) is 0 Å². The second-order valence-corrected chi connectivity index (χ2v) is 5.06. The SMILES string of the molecule is CC(C)N1CCN(c2cccc(C(O)C(=O)O)c2)C1=O. The molecule has 0 saturated carbocycles. The normalized spacial score (nSPS) is 16.9. The number of aliphatic hydroxyl groups excluding tert-OH is 1. The van der Waals surface area contributed by atoms with Crippen LogP contribution in [0.2, 0.25) is 0 Å². The summed E-state index contributed by atoms with van der Waals surface area (Å²) in [6, 6.07) is 6.48. The lowest BCUT2D eigenvalue weighted by Crippen LogP contribution is -2.36. The Bertz CT molecular complexity index is 530. The van der Waals surface area contributed by atoms with Crippen LogP contribution in [0.15, 0.2) is 24.3 Å². The number of aliphatic hydroxyl groups is 1. The van der Waals surface area contributed by atoms with Crippen LogP contribution < -0.4 is 4.90 Å². The van der Waals surface area contributed by atoms with Gasteiger partial charge in [0.05, 0.1) is 0 Å². The van der Waals surface area contributed by atoms with E-state index in [1.54, 1.807) is 28.0 Å². The second-order valence-electron chi connectivity index (χ2n) is 5.06. The highest BCUT2D eigenvalue weighted by molar-refractivity contribution is 5.94.